The normalized spacial score (nSPS) is 16.1. The minimum absolute atomic E-state index is 0.0880. The first-order valence-electron chi connectivity index (χ1n) is 6.55. The van der Waals surface area contributed by atoms with E-state index < -0.39 is 0 Å². The van der Waals surface area contributed by atoms with Crippen LogP contribution < -0.4 is 11.0 Å². The highest BCUT2D eigenvalue weighted by molar-refractivity contribution is 7.15. The molecule has 21 heavy (non-hydrogen) atoms. The molecule has 3 heterocycles. The Balaban J connectivity index is 1.58. The van der Waals surface area contributed by atoms with Gasteiger partial charge in [0.15, 0.2) is 0 Å². The van der Waals surface area contributed by atoms with Crippen molar-refractivity contribution in [2.75, 3.05) is 18.4 Å². The summed E-state index contributed by atoms with van der Waals surface area (Å²) in [4.78, 5) is 25.4. The largest absolute Gasteiger partial charge is 0.343 e. The number of rotatable bonds is 2. The van der Waals surface area contributed by atoms with E-state index in [4.69, 9.17) is 11.6 Å². The van der Waals surface area contributed by atoms with Crippen LogP contribution in [0.15, 0.2) is 22.6 Å². The number of likely N-dealkylation sites (tertiary alicyclic amines) is 1. The van der Waals surface area contributed by atoms with Crippen LogP contribution in [0, 0.1) is 0 Å². The minimum Gasteiger partial charge on any atom is -0.324 e. The number of nitrogens with one attached hydrogen (secondary N) is 2. The molecule has 1 fully saturated rings. The summed E-state index contributed by atoms with van der Waals surface area (Å²) in [6.45, 7) is 1.19. The number of anilines is 1. The molecule has 0 atom stereocenters. The number of hydrogen-bond donors (Lipinski definition) is 2. The van der Waals surface area contributed by atoms with E-state index in [-0.39, 0.29) is 17.8 Å². The smallest absolute Gasteiger partial charge is 0.324 e. The molecule has 112 valence electrons. The molecule has 2 aromatic heterocycles. The quantitative estimate of drug-likeness (QED) is 0.886. The lowest BCUT2D eigenvalue weighted by Gasteiger charge is -2.31. The second-order valence-electron chi connectivity index (χ2n) is 4.83. The van der Waals surface area contributed by atoms with Crippen molar-refractivity contribution >= 4 is 34.7 Å². The predicted octanol–water partition coefficient (Wildman–Crippen LogP) is 2.16. The van der Waals surface area contributed by atoms with Crippen LogP contribution >= 0.6 is 22.9 Å². The number of halogens is 1. The summed E-state index contributed by atoms with van der Waals surface area (Å²) < 4.78 is 2.16. The average molecular weight is 328 g/mol. The van der Waals surface area contributed by atoms with Crippen molar-refractivity contribution in [3.8, 4) is 0 Å². The minimum atomic E-state index is -0.206. The number of hydrogen-bond acceptors (Lipinski definition) is 4. The number of thiophene rings is 1. The number of piperidine rings is 1. The summed E-state index contributed by atoms with van der Waals surface area (Å²) in [5.74, 6) is 0. The third-order valence-corrected chi connectivity index (χ3v) is 4.75. The Labute approximate surface area is 129 Å². The highest BCUT2D eigenvalue weighted by Gasteiger charge is 2.25. The third-order valence-electron chi connectivity index (χ3n) is 3.58. The second-order valence-corrected chi connectivity index (χ2v) is 6.34. The molecule has 1 aliphatic rings. The molecule has 2 aromatic rings. The fraction of sp³-hybridized carbons (Fsp3) is 0.417. The van der Waals surface area contributed by atoms with Crippen LogP contribution in [0.25, 0.3) is 0 Å². The molecule has 3 rings (SSSR count). The highest BCUT2D eigenvalue weighted by Crippen LogP contribution is 2.28. The Morgan fingerprint density at radius 2 is 2.24 bits per heavy atom. The van der Waals surface area contributed by atoms with Crippen LogP contribution in [0.2, 0.25) is 4.34 Å². The van der Waals surface area contributed by atoms with Gasteiger partial charge >= 0.3 is 11.7 Å². The second kappa shape index (κ2) is 5.90. The van der Waals surface area contributed by atoms with E-state index in [0.29, 0.717) is 23.1 Å². The average Bonchev–Trinajstić information content (AvgIpc) is 3.08. The van der Waals surface area contributed by atoms with Crippen molar-refractivity contribution in [2.45, 2.75) is 18.9 Å². The van der Waals surface area contributed by atoms with Gasteiger partial charge in [-0.05, 0) is 24.3 Å². The van der Waals surface area contributed by atoms with Crippen molar-refractivity contribution in [1.29, 1.82) is 0 Å². The Bertz CT molecular complexity index is 686. The van der Waals surface area contributed by atoms with Gasteiger partial charge < -0.3 is 10.2 Å². The number of carbonyl (C=O) groups is 1. The Hall–Kier alpha value is -1.80. The SMILES string of the molecule is O=C(Nc1ccsc1Cl)N1CCC(n2cn[nH]c2=O)CC1. The molecule has 0 unspecified atom stereocenters. The van der Waals surface area contributed by atoms with Crippen molar-refractivity contribution in [3.63, 3.8) is 0 Å². The molecule has 7 nitrogen and oxygen atoms in total. The third kappa shape index (κ3) is 2.96. The maximum Gasteiger partial charge on any atom is 0.343 e. The molecule has 0 radical (unpaired) electrons. The molecule has 1 aliphatic heterocycles. The molecular weight excluding hydrogens is 314 g/mol. The van der Waals surface area contributed by atoms with Crippen molar-refractivity contribution in [3.05, 3.63) is 32.6 Å². The number of aromatic nitrogens is 3. The first-order valence-corrected chi connectivity index (χ1v) is 7.81. The van der Waals surface area contributed by atoms with Gasteiger partial charge in [-0.2, -0.15) is 5.10 Å². The van der Waals surface area contributed by atoms with Crippen molar-refractivity contribution in [2.24, 2.45) is 0 Å². The van der Waals surface area contributed by atoms with Crippen LogP contribution in [0.4, 0.5) is 10.5 Å². The number of urea groups is 1. The Morgan fingerprint density at radius 1 is 1.48 bits per heavy atom. The zero-order valence-corrected chi connectivity index (χ0v) is 12.7. The zero-order valence-electron chi connectivity index (χ0n) is 11.1. The van der Waals surface area contributed by atoms with Gasteiger partial charge in [-0.3, -0.25) is 4.57 Å². The Kier molecular flexibility index (Phi) is 3.98. The van der Waals surface area contributed by atoms with E-state index >= 15 is 0 Å². The van der Waals surface area contributed by atoms with Gasteiger partial charge in [-0.1, -0.05) is 11.6 Å². The van der Waals surface area contributed by atoms with E-state index in [0.717, 1.165) is 12.8 Å². The lowest BCUT2D eigenvalue weighted by atomic mass is 10.1. The molecule has 2 N–H and O–H groups in total. The summed E-state index contributed by atoms with van der Waals surface area (Å²) in [5, 5.41) is 10.7. The van der Waals surface area contributed by atoms with Crippen LogP contribution in [0.1, 0.15) is 18.9 Å². The topological polar surface area (TPSA) is 83.0 Å². The lowest BCUT2D eigenvalue weighted by molar-refractivity contribution is 0.183. The number of amides is 2. The van der Waals surface area contributed by atoms with E-state index in [1.165, 1.54) is 17.7 Å². The van der Waals surface area contributed by atoms with E-state index in [1.807, 2.05) is 5.38 Å². The van der Waals surface area contributed by atoms with Gasteiger partial charge in [0, 0.05) is 19.1 Å². The summed E-state index contributed by atoms with van der Waals surface area (Å²) in [6.07, 6.45) is 2.96. The van der Waals surface area contributed by atoms with Crippen molar-refractivity contribution in [1.82, 2.24) is 19.7 Å². The Morgan fingerprint density at radius 3 is 2.81 bits per heavy atom. The molecular formula is C12H14ClN5O2S. The fourth-order valence-corrected chi connectivity index (χ4v) is 3.27. The molecule has 9 heteroatoms. The summed E-state index contributed by atoms with van der Waals surface area (Å²) in [6, 6.07) is 1.71. The summed E-state index contributed by atoms with van der Waals surface area (Å²) in [5.41, 5.74) is 0.433. The summed E-state index contributed by atoms with van der Waals surface area (Å²) >= 11 is 7.34. The van der Waals surface area contributed by atoms with E-state index in [2.05, 4.69) is 15.5 Å². The van der Waals surface area contributed by atoms with Crippen LogP contribution in [-0.2, 0) is 0 Å². The van der Waals surface area contributed by atoms with Crippen LogP contribution in [0.3, 0.4) is 0 Å². The van der Waals surface area contributed by atoms with Gasteiger partial charge in [0.1, 0.15) is 10.7 Å². The lowest BCUT2D eigenvalue weighted by Crippen LogP contribution is -2.42. The van der Waals surface area contributed by atoms with Gasteiger partial charge in [-0.15, -0.1) is 11.3 Å². The molecule has 0 aliphatic carbocycles. The van der Waals surface area contributed by atoms with Crippen LogP contribution in [0.5, 0.6) is 0 Å². The molecule has 0 saturated carbocycles. The first kappa shape index (κ1) is 14.2. The van der Waals surface area contributed by atoms with Crippen molar-refractivity contribution < 1.29 is 4.79 Å². The monoisotopic (exact) mass is 327 g/mol. The first-order chi connectivity index (χ1) is 10.1. The van der Waals surface area contributed by atoms with Gasteiger partial charge in [0.25, 0.3) is 0 Å². The maximum absolute atomic E-state index is 12.2. The zero-order chi connectivity index (χ0) is 14.8. The van der Waals surface area contributed by atoms with E-state index in [1.54, 1.807) is 15.5 Å². The fourth-order valence-electron chi connectivity index (χ4n) is 2.44. The number of carbonyl (C=O) groups excluding carboxylic acids is 1. The van der Waals surface area contributed by atoms with Gasteiger partial charge in [-0.25, -0.2) is 14.7 Å². The standard InChI is InChI=1S/C12H14ClN5O2S/c13-10-9(3-6-21-10)15-11(19)17-4-1-8(2-5-17)18-7-14-16-12(18)20/h3,6-8H,1-2,4-5H2,(H,15,19)(H,16,20). The highest BCUT2D eigenvalue weighted by atomic mass is 35.5. The predicted molar refractivity (Wildman–Crippen MR) is 81.0 cm³/mol. The number of H-pyrrole nitrogens is 1. The van der Waals surface area contributed by atoms with Crippen LogP contribution in [-0.4, -0.2) is 38.8 Å². The maximum atomic E-state index is 12.2. The number of aromatic amines is 1. The molecule has 0 aromatic carbocycles. The van der Waals surface area contributed by atoms with Gasteiger partial charge in [0.05, 0.1) is 5.69 Å². The summed E-state index contributed by atoms with van der Waals surface area (Å²) in [7, 11) is 0. The molecule has 1 saturated heterocycles. The molecule has 0 bridgehead atoms. The van der Waals surface area contributed by atoms with E-state index in [9.17, 15) is 9.59 Å². The molecule has 0 spiro atoms. The van der Waals surface area contributed by atoms with Gasteiger partial charge in [0.2, 0.25) is 0 Å². The molecule has 2 amide bonds. The number of nitrogens with zero attached hydrogens (tertiary/aromatic N) is 3.